The lowest BCUT2D eigenvalue weighted by molar-refractivity contribution is 0.479. The second-order valence-electron chi connectivity index (χ2n) is 4.49. The van der Waals surface area contributed by atoms with Gasteiger partial charge in [-0.05, 0) is 37.3 Å². The fraction of sp³-hybridized carbons (Fsp3) is 0.231. The van der Waals surface area contributed by atoms with Crippen LogP contribution >= 0.6 is 11.6 Å². The third kappa shape index (κ3) is 3.53. The maximum absolute atomic E-state index is 12.2. The van der Waals surface area contributed by atoms with Crippen molar-refractivity contribution in [2.45, 2.75) is 24.3 Å². The van der Waals surface area contributed by atoms with E-state index in [9.17, 15) is 8.42 Å². The largest absolute Gasteiger partial charge is 0.469 e. The maximum atomic E-state index is 12.2. The van der Waals surface area contributed by atoms with Crippen LogP contribution < -0.4 is 10.5 Å². The lowest BCUT2D eigenvalue weighted by Gasteiger charge is -2.13. The SMILES string of the molecule is CC(Cc1ccco1)NS(=O)(=O)c1ccc(N)c(Cl)c1. The van der Waals surface area contributed by atoms with Crippen LogP contribution in [-0.2, 0) is 16.4 Å². The summed E-state index contributed by atoms with van der Waals surface area (Å²) in [6.07, 6.45) is 2.02. The highest BCUT2D eigenvalue weighted by molar-refractivity contribution is 7.89. The predicted octanol–water partition coefficient (Wildman–Crippen LogP) is 2.42. The van der Waals surface area contributed by atoms with Gasteiger partial charge in [0.05, 0.1) is 21.9 Å². The molecular formula is C13H15ClN2O3S. The Morgan fingerprint density at radius 3 is 2.75 bits per heavy atom. The molecule has 0 spiro atoms. The zero-order chi connectivity index (χ0) is 14.8. The minimum absolute atomic E-state index is 0.0861. The topological polar surface area (TPSA) is 85.3 Å². The molecule has 1 heterocycles. The van der Waals surface area contributed by atoms with Gasteiger partial charge in [0, 0.05) is 12.5 Å². The van der Waals surface area contributed by atoms with Crippen LogP contribution in [0.2, 0.25) is 5.02 Å². The number of hydrogen-bond acceptors (Lipinski definition) is 4. The van der Waals surface area contributed by atoms with E-state index in [0.717, 1.165) is 5.76 Å². The van der Waals surface area contributed by atoms with Crippen molar-refractivity contribution >= 4 is 27.3 Å². The van der Waals surface area contributed by atoms with Gasteiger partial charge in [0.15, 0.2) is 0 Å². The van der Waals surface area contributed by atoms with Crippen molar-refractivity contribution in [3.8, 4) is 0 Å². The van der Waals surface area contributed by atoms with Gasteiger partial charge in [-0.2, -0.15) is 0 Å². The van der Waals surface area contributed by atoms with Crippen LogP contribution in [0.1, 0.15) is 12.7 Å². The number of nitrogens with two attached hydrogens (primary N) is 1. The van der Waals surface area contributed by atoms with E-state index >= 15 is 0 Å². The summed E-state index contributed by atoms with van der Waals surface area (Å²) < 4.78 is 32.1. The van der Waals surface area contributed by atoms with Gasteiger partial charge in [-0.15, -0.1) is 0 Å². The Labute approximate surface area is 122 Å². The quantitative estimate of drug-likeness (QED) is 0.830. The first kappa shape index (κ1) is 14.9. The van der Waals surface area contributed by atoms with Crippen LogP contribution in [0, 0.1) is 0 Å². The monoisotopic (exact) mass is 314 g/mol. The van der Waals surface area contributed by atoms with Gasteiger partial charge in [-0.25, -0.2) is 13.1 Å². The first-order valence-electron chi connectivity index (χ1n) is 5.98. The summed E-state index contributed by atoms with van der Waals surface area (Å²) in [6, 6.07) is 7.47. The van der Waals surface area contributed by atoms with Crippen molar-refractivity contribution in [1.29, 1.82) is 0 Å². The minimum Gasteiger partial charge on any atom is -0.469 e. The van der Waals surface area contributed by atoms with Gasteiger partial charge in [-0.1, -0.05) is 11.6 Å². The third-order valence-corrected chi connectivity index (χ3v) is 4.64. The fourth-order valence-corrected chi connectivity index (χ4v) is 3.29. The van der Waals surface area contributed by atoms with E-state index in [2.05, 4.69) is 4.72 Å². The molecule has 0 saturated heterocycles. The molecule has 1 aromatic heterocycles. The van der Waals surface area contributed by atoms with Crippen LogP contribution in [0.4, 0.5) is 5.69 Å². The molecule has 1 aromatic carbocycles. The highest BCUT2D eigenvalue weighted by atomic mass is 35.5. The van der Waals surface area contributed by atoms with E-state index < -0.39 is 10.0 Å². The normalized spacial score (nSPS) is 13.3. The van der Waals surface area contributed by atoms with Crippen molar-refractivity contribution in [3.63, 3.8) is 0 Å². The minimum atomic E-state index is -3.63. The number of halogens is 1. The number of rotatable bonds is 5. The zero-order valence-electron chi connectivity index (χ0n) is 10.8. The highest BCUT2D eigenvalue weighted by Crippen LogP contribution is 2.22. The second kappa shape index (κ2) is 5.87. The van der Waals surface area contributed by atoms with Gasteiger partial charge < -0.3 is 10.2 Å². The summed E-state index contributed by atoms with van der Waals surface area (Å²) in [4.78, 5) is 0.0861. The van der Waals surface area contributed by atoms with Crippen molar-refractivity contribution in [2.24, 2.45) is 0 Å². The molecule has 2 aromatic rings. The van der Waals surface area contributed by atoms with Crippen molar-refractivity contribution < 1.29 is 12.8 Å². The van der Waals surface area contributed by atoms with E-state index in [1.54, 1.807) is 25.3 Å². The zero-order valence-corrected chi connectivity index (χ0v) is 12.4. The van der Waals surface area contributed by atoms with Crippen LogP contribution in [0.25, 0.3) is 0 Å². The predicted molar refractivity (Wildman–Crippen MR) is 78.1 cm³/mol. The lowest BCUT2D eigenvalue weighted by atomic mass is 10.2. The third-order valence-electron chi connectivity index (χ3n) is 2.73. The summed E-state index contributed by atoms with van der Waals surface area (Å²) in [5.74, 6) is 0.718. The van der Waals surface area contributed by atoms with Gasteiger partial charge in [-0.3, -0.25) is 0 Å². The molecule has 7 heteroatoms. The van der Waals surface area contributed by atoms with E-state index in [1.807, 2.05) is 0 Å². The Bertz CT molecular complexity index is 684. The van der Waals surface area contributed by atoms with Crippen LogP contribution in [0.5, 0.6) is 0 Å². The first-order valence-corrected chi connectivity index (χ1v) is 7.84. The molecule has 5 nitrogen and oxygen atoms in total. The van der Waals surface area contributed by atoms with Crippen molar-refractivity contribution in [3.05, 3.63) is 47.4 Å². The molecule has 20 heavy (non-hydrogen) atoms. The molecule has 0 radical (unpaired) electrons. The molecule has 2 rings (SSSR count). The van der Waals surface area contributed by atoms with E-state index in [1.165, 1.54) is 18.2 Å². The maximum Gasteiger partial charge on any atom is 0.240 e. The fourth-order valence-electron chi connectivity index (χ4n) is 1.78. The number of hydrogen-bond donors (Lipinski definition) is 2. The highest BCUT2D eigenvalue weighted by Gasteiger charge is 2.19. The first-order chi connectivity index (χ1) is 9.38. The number of benzene rings is 1. The molecule has 1 unspecified atom stereocenters. The Morgan fingerprint density at radius 2 is 2.15 bits per heavy atom. The smallest absolute Gasteiger partial charge is 0.240 e. The van der Waals surface area contributed by atoms with E-state index in [0.29, 0.717) is 12.1 Å². The van der Waals surface area contributed by atoms with E-state index in [4.69, 9.17) is 21.8 Å². The number of nitrogen functional groups attached to an aromatic ring is 1. The molecule has 108 valence electrons. The summed E-state index contributed by atoms with van der Waals surface area (Å²) in [7, 11) is -3.63. The molecule has 0 aliphatic rings. The van der Waals surface area contributed by atoms with Crippen molar-refractivity contribution in [1.82, 2.24) is 4.72 Å². The molecule has 0 aliphatic heterocycles. The van der Waals surface area contributed by atoms with Crippen LogP contribution in [-0.4, -0.2) is 14.5 Å². The molecule has 0 fully saturated rings. The number of nitrogens with one attached hydrogen (secondary N) is 1. The molecule has 0 bridgehead atoms. The summed E-state index contributed by atoms with van der Waals surface area (Å²) in [5.41, 5.74) is 5.91. The molecule has 3 N–H and O–H groups in total. The molecule has 0 saturated carbocycles. The lowest BCUT2D eigenvalue weighted by Crippen LogP contribution is -2.34. The second-order valence-corrected chi connectivity index (χ2v) is 6.61. The Balaban J connectivity index is 2.12. The van der Waals surface area contributed by atoms with Gasteiger partial charge >= 0.3 is 0 Å². The molecule has 0 aliphatic carbocycles. The van der Waals surface area contributed by atoms with Gasteiger partial charge in [0.25, 0.3) is 0 Å². The Hall–Kier alpha value is -1.50. The molecule has 1 atom stereocenters. The number of furan rings is 1. The summed E-state index contributed by atoms with van der Waals surface area (Å²) >= 11 is 5.84. The average Bonchev–Trinajstić information content (AvgIpc) is 2.84. The number of anilines is 1. The standard InChI is InChI=1S/C13H15ClN2O3S/c1-9(7-10-3-2-6-19-10)16-20(17,18)11-4-5-13(15)12(14)8-11/h2-6,8-9,16H,7,15H2,1H3. The van der Waals surface area contributed by atoms with Crippen LogP contribution in [0.3, 0.4) is 0 Å². The number of sulfonamides is 1. The van der Waals surface area contributed by atoms with E-state index in [-0.39, 0.29) is 16.0 Å². The summed E-state index contributed by atoms with van der Waals surface area (Å²) in [6.45, 7) is 1.76. The summed E-state index contributed by atoms with van der Waals surface area (Å²) in [5, 5.41) is 0.214. The average molecular weight is 315 g/mol. The van der Waals surface area contributed by atoms with Crippen molar-refractivity contribution in [2.75, 3.05) is 5.73 Å². The van der Waals surface area contributed by atoms with Gasteiger partial charge in [0.1, 0.15) is 5.76 Å². The molecular weight excluding hydrogens is 300 g/mol. The van der Waals surface area contributed by atoms with Crippen LogP contribution in [0.15, 0.2) is 45.9 Å². The Kier molecular flexibility index (Phi) is 4.37. The Morgan fingerprint density at radius 1 is 1.40 bits per heavy atom. The van der Waals surface area contributed by atoms with Gasteiger partial charge in [0.2, 0.25) is 10.0 Å². The molecule has 0 amide bonds.